The second-order valence-corrected chi connectivity index (χ2v) is 5.95. The summed E-state index contributed by atoms with van der Waals surface area (Å²) in [6.07, 6.45) is 0. The fourth-order valence-corrected chi connectivity index (χ4v) is 2.55. The van der Waals surface area contributed by atoms with E-state index in [1.165, 1.54) is 12.1 Å². The van der Waals surface area contributed by atoms with Crippen LogP contribution in [0.4, 0.5) is 0 Å². The second-order valence-electron chi connectivity index (χ2n) is 3.66. The van der Waals surface area contributed by atoms with Crippen LogP contribution in [0.3, 0.4) is 0 Å². The van der Waals surface area contributed by atoms with E-state index >= 15 is 0 Å². The summed E-state index contributed by atoms with van der Waals surface area (Å²) in [6.45, 7) is 0. The lowest BCUT2D eigenvalue weighted by Crippen LogP contribution is -1.97. The molecule has 20 heavy (non-hydrogen) atoms. The Bertz CT molecular complexity index is 663. The van der Waals surface area contributed by atoms with Crippen molar-refractivity contribution in [2.75, 3.05) is 0 Å². The van der Waals surface area contributed by atoms with Gasteiger partial charge in [-0.1, -0.05) is 35.3 Å². The zero-order valence-electron chi connectivity index (χ0n) is 9.97. The number of hydrogen-bond donors (Lipinski definition) is 1. The average molecular weight is 339 g/mol. The summed E-state index contributed by atoms with van der Waals surface area (Å²) < 4.78 is 30.7. The molecule has 0 aliphatic rings. The Kier molecular flexibility index (Phi) is 6.63. The molecule has 0 radical (unpaired) electrons. The van der Waals surface area contributed by atoms with E-state index in [4.69, 9.17) is 27.8 Å². The standard InChI is InChI=1S/C12H8Cl2O3S.2H2O/c13-10-5-9(6-11(14)7-10)8-1-3-12(4-2-8)18(15,16)17;;/h1-7H,(H,15,16,17);2*1H2. The van der Waals surface area contributed by atoms with Gasteiger partial charge in [0.2, 0.25) is 0 Å². The quantitative estimate of drug-likeness (QED) is 0.845. The van der Waals surface area contributed by atoms with Crippen LogP contribution in [0.2, 0.25) is 10.0 Å². The maximum absolute atomic E-state index is 10.9. The first-order valence-electron chi connectivity index (χ1n) is 4.90. The zero-order valence-corrected chi connectivity index (χ0v) is 12.3. The van der Waals surface area contributed by atoms with Gasteiger partial charge in [-0.15, -0.1) is 0 Å². The highest BCUT2D eigenvalue weighted by atomic mass is 35.5. The van der Waals surface area contributed by atoms with Crippen LogP contribution in [-0.4, -0.2) is 23.9 Å². The fourth-order valence-electron chi connectivity index (χ4n) is 1.54. The smallest absolute Gasteiger partial charge is 0.294 e. The highest BCUT2D eigenvalue weighted by Crippen LogP contribution is 2.27. The molecule has 0 aromatic heterocycles. The molecule has 0 bridgehead atoms. The molecule has 0 aliphatic carbocycles. The number of benzene rings is 2. The molecule has 0 spiro atoms. The third kappa shape index (κ3) is 4.45. The predicted molar refractivity (Wildman–Crippen MR) is 78.9 cm³/mol. The molecule has 0 heterocycles. The molecule has 8 heteroatoms. The Morgan fingerprint density at radius 2 is 1.25 bits per heavy atom. The molecule has 5 nitrogen and oxygen atoms in total. The first-order valence-corrected chi connectivity index (χ1v) is 7.10. The molecule has 110 valence electrons. The minimum atomic E-state index is -4.17. The van der Waals surface area contributed by atoms with Crippen molar-refractivity contribution in [3.8, 4) is 11.1 Å². The minimum absolute atomic E-state index is 0. The van der Waals surface area contributed by atoms with Gasteiger partial charge in [0.1, 0.15) is 0 Å². The summed E-state index contributed by atoms with van der Waals surface area (Å²) in [5.41, 5.74) is 1.53. The van der Waals surface area contributed by atoms with Gasteiger partial charge in [-0.2, -0.15) is 8.42 Å². The van der Waals surface area contributed by atoms with Crippen LogP contribution in [0.1, 0.15) is 0 Å². The average Bonchev–Trinajstić information content (AvgIpc) is 2.27. The van der Waals surface area contributed by atoms with Crippen molar-refractivity contribution in [3.05, 3.63) is 52.5 Å². The van der Waals surface area contributed by atoms with Gasteiger partial charge in [-0.05, 0) is 41.5 Å². The van der Waals surface area contributed by atoms with Gasteiger partial charge in [0, 0.05) is 10.0 Å². The Labute approximate surface area is 126 Å². The first-order chi connectivity index (χ1) is 8.36. The van der Waals surface area contributed by atoms with Crippen LogP contribution in [0, 0.1) is 0 Å². The molecule has 0 unspecified atom stereocenters. The van der Waals surface area contributed by atoms with Crippen LogP contribution in [0.15, 0.2) is 47.4 Å². The van der Waals surface area contributed by atoms with Crippen LogP contribution in [0.5, 0.6) is 0 Å². The summed E-state index contributed by atoms with van der Waals surface area (Å²) in [7, 11) is -4.17. The largest absolute Gasteiger partial charge is 0.412 e. The molecule has 0 aliphatic heterocycles. The normalized spacial score (nSPS) is 10.3. The van der Waals surface area contributed by atoms with Crippen molar-refractivity contribution >= 4 is 33.3 Å². The van der Waals surface area contributed by atoms with E-state index in [-0.39, 0.29) is 15.8 Å². The Morgan fingerprint density at radius 1 is 0.800 bits per heavy atom. The summed E-state index contributed by atoms with van der Waals surface area (Å²) in [5.74, 6) is 0. The molecule has 0 saturated carbocycles. The Hall–Kier alpha value is -1.15. The number of rotatable bonds is 2. The topological polar surface area (TPSA) is 117 Å². The maximum atomic E-state index is 10.9. The lowest BCUT2D eigenvalue weighted by molar-refractivity contribution is 0.483. The molecular formula is C12H12Cl2O5S. The van der Waals surface area contributed by atoms with E-state index in [2.05, 4.69) is 0 Å². The number of halogens is 2. The van der Waals surface area contributed by atoms with Gasteiger partial charge in [0.15, 0.2) is 0 Å². The maximum Gasteiger partial charge on any atom is 0.294 e. The van der Waals surface area contributed by atoms with E-state index in [1.54, 1.807) is 30.3 Å². The van der Waals surface area contributed by atoms with Gasteiger partial charge in [-0.3, -0.25) is 4.55 Å². The molecule has 0 atom stereocenters. The summed E-state index contributed by atoms with van der Waals surface area (Å²) in [4.78, 5) is -0.153. The fraction of sp³-hybridized carbons (Fsp3) is 0. The van der Waals surface area contributed by atoms with Crippen molar-refractivity contribution in [3.63, 3.8) is 0 Å². The van der Waals surface area contributed by atoms with E-state index in [0.29, 0.717) is 10.0 Å². The van der Waals surface area contributed by atoms with E-state index in [1.807, 2.05) is 0 Å². The van der Waals surface area contributed by atoms with Crippen LogP contribution in [0.25, 0.3) is 11.1 Å². The van der Waals surface area contributed by atoms with Crippen LogP contribution < -0.4 is 0 Å². The third-order valence-corrected chi connectivity index (χ3v) is 3.65. The van der Waals surface area contributed by atoms with Crippen molar-refractivity contribution in [2.24, 2.45) is 0 Å². The van der Waals surface area contributed by atoms with Crippen molar-refractivity contribution < 1.29 is 23.9 Å². The lowest BCUT2D eigenvalue weighted by atomic mass is 10.1. The van der Waals surface area contributed by atoms with Crippen molar-refractivity contribution in [2.45, 2.75) is 4.90 Å². The lowest BCUT2D eigenvalue weighted by Gasteiger charge is -2.04. The molecule has 0 saturated heterocycles. The Morgan fingerprint density at radius 3 is 1.65 bits per heavy atom. The zero-order chi connectivity index (χ0) is 13.3. The van der Waals surface area contributed by atoms with Gasteiger partial charge < -0.3 is 11.0 Å². The summed E-state index contributed by atoms with van der Waals surface area (Å²) >= 11 is 11.8. The molecule has 0 amide bonds. The van der Waals surface area contributed by atoms with Gasteiger partial charge >= 0.3 is 0 Å². The van der Waals surface area contributed by atoms with E-state index < -0.39 is 10.1 Å². The first kappa shape index (κ1) is 18.9. The molecule has 2 rings (SSSR count). The molecule has 2 aromatic rings. The summed E-state index contributed by atoms with van der Waals surface area (Å²) in [6, 6.07) is 10.8. The van der Waals surface area contributed by atoms with Crippen molar-refractivity contribution in [1.29, 1.82) is 0 Å². The second kappa shape index (κ2) is 7.03. The monoisotopic (exact) mass is 338 g/mol. The predicted octanol–water partition coefficient (Wildman–Crippen LogP) is 2.26. The summed E-state index contributed by atoms with van der Waals surface area (Å²) in [5, 5.41) is 0.993. The van der Waals surface area contributed by atoms with Gasteiger partial charge in [0.25, 0.3) is 10.1 Å². The van der Waals surface area contributed by atoms with Gasteiger partial charge in [0.05, 0.1) is 4.90 Å². The molecule has 0 fully saturated rings. The van der Waals surface area contributed by atoms with E-state index in [9.17, 15) is 8.42 Å². The van der Waals surface area contributed by atoms with Crippen LogP contribution >= 0.6 is 23.2 Å². The minimum Gasteiger partial charge on any atom is -0.412 e. The van der Waals surface area contributed by atoms with Crippen LogP contribution in [-0.2, 0) is 10.1 Å². The SMILES string of the molecule is O.O.O=S(=O)(O)c1ccc(-c2cc(Cl)cc(Cl)c2)cc1. The van der Waals surface area contributed by atoms with Crippen molar-refractivity contribution in [1.82, 2.24) is 0 Å². The van der Waals surface area contributed by atoms with E-state index in [0.717, 1.165) is 11.1 Å². The molecular weight excluding hydrogens is 327 g/mol. The highest BCUT2D eigenvalue weighted by Gasteiger charge is 2.09. The van der Waals surface area contributed by atoms with Gasteiger partial charge in [-0.25, -0.2) is 0 Å². The Balaban J connectivity index is 0.00000180. The molecule has 2 aromatic carbocycles. The molecule has 5 N–H and O–H groups in total. The number of hydrogen-bond acceptors (Lipinski definition) is 2. The highest BCUT2D eigenvalue weighted by molar-refractivity contribution is 7.85. The third-order valence-electron chi connectivity index (χ3n) is 2.35.